The summed E-state index contributed by atoms with van der Waals surface area (Å²) >= 11 is 1.34. The van der Waals surface area contributed by atoms with Crippen LogP contribution < -0.4 is 5.32 Å². The number of aryl methyl sites for hydroxylation is 1. The Labute approximate surface area is 117 Å². The van der Waals surface area contributed by atoms with Gasteiger partial charge in [0.05, 0.1) is 12.1 Å². The van der Waals surface area contributed by atoms with E-state index in [1.54, 1.807) is 5.38 Å². The van der Waals surface area contributed by atoms with Crippen LogP contribution in [0.15, 0.2) is 5.38 Å². The number of anilines is 1. The van der Waals surface area contributed by atoms with Gasteiger partial charge < -0.3 is 10.4 Å². The van der Waals surface area contributed by atoms with E-state index >= 15 is 0 Å². The lowest BCUT2D eigenvalue weighted by Crippen LogP contribution is -2.11. The summed E-state index contributed by atoms with van der Waals surface area (Å²) in [6.45, 7) is 2.13. The Balaban J connectivity index is 2.28. The Bertz CT molecular complexity index is 418. The lowest BCUT2D eigenvalue weighted by Gasteiger charge is -2.01. The molecule has 0 aromatic carbocycles. The zero-order chi connectivity index (χ0) is 14.1. The highest BCUT2D eigenvalue weighted by Gasteiger charge is 2.07. The van der Waals surface area contributed by atoms with Crippen molar-refractivity contribution in [3.8, 4) is 0 Å². The standard InChI is InChI=1S/C13H20N2O3S/c1-2-3-4-5-6-11(16)15-13-14-10(9-19-13)7-8-12(17)18/h9H,2-8H2,1H3,(H,17,18)(H,14,15,16). The van der Waals surface area contributed by atoms with Crippen LogP contribution in [0, 0.1) is 0 Å². The SMILES string of the molecule is CCCCCCC(=O)Nc1nc(CCC(=O)O)cs1. The first-order valence-electron chi connectivity index (χ1n) is 6.58. The van der Waals surface area contributed by atoms with E-state index < -0.39 is 5.97 Å². The summed E-state index contributed by atoms with van der Waals surface area (Å²) in [5, 5.41) is 13.7. The number of nitrogens with one attached hydrogen (secondary N) is 1. The molecular weight excluding hydrogens is 264 g/mol. The summed E-state index contributed by atoms with van der Waals surface area (Å²) in [7, 11) is 0. The molecule has 1 amide bonds. The summed E-state index contributed by atoms with van der Waals surface area (Å²) in [5.74, 6) is -0.857. The molecule has 0 fully saturated rings. The summed E-state index contributed by atoms with van der Waals surface area (Å²) in [4.78, 5) is 26.2. The Morgan fingerprint density at radius 2 is 2.11 bits per heavy atom. The van der Waals surface area contributed by atoms with E-state index in [-0.39, 0.29) is 12.3 Å². The van der Waals surface area contributed by atoms with Crippen LogP contribution >= 0.6 is 11.3 Å². The number of carbonyl (C=O) groups excluding carboxylic acids is 1. The van der Waals surface area contributed by atoms with Gasteiger partial charge in [-0.1, -0.05) is 26.2 Å². The van der Waals surface area contributed by atoms with Crippen molar-refractivity contribution >= 4 is 28.3 Å². The maximum atomic E-state index is 11.6. The molecule has 1 aromatic rings. The maximum absolute atomic E-state index is 11.6. The van der Waals surface area contributed by atoms with Crippen LogP contribution in [0.3, 0.4) is 0 Å². The molecule has 0 unspecified atom stereocenters. The molecule has 0 aliphatic carbocycles. The fourth-order valence-electron chi connectivity index (χ4n) is 1.61. The third-order valence-corrected chi connectivity index (χ3v) is 3.46. The molecule has 106 valence electrons. The number of carbonyl (C=O) groups is 2. The second-order valence-electron chi connectivity index (χ2n) is 4.40. The first kappa shape index (κ1) is 15.6. The van der Waals surface area contributed by atoms with E-state index in [0.29, 0.717) is 23.7 Å². The monoisotopic (exact) mass is 284 g/mol. The van der Waals surface area contributed by atoms with Crippen LogP contribution in [0.2, 0.25) is 0 Å². The van der Waals surface area contributed by atoms with E-state index in [1.807, 2.05) is 0 Å². The summed E-state index contributed by atoms with van der Waals surface area (Å²) in [6, 6.07) is 0. The van der Waals surface area contributed by atoms with E-state index in [2.05, 4.69) is 17.2 Å². The Morgan fingerprint density at radius 3 is 2.79 bits per heavy atom. The summed E-state index contributed by atoms with van der Waals surface area (Å²) in [6.07, 6.45) is 5.27. The largest absolute Gasteiger partial charge is 0.481 e. The number of unbranched alkanes of at least 4 members (excludes halogenated alkanes) is 3. The third-order valence-electron chi connectivity index (χ3n) is 2.65. The minimum atomic E-state index is -0.838. The predicted molar refractivity (Wildman–Crippen MR) is 75.5 cm³/mol. The molecular formula is C13H20N2O3S. The lowest BCUT2D eigenvalue weighted by atomic mass is 10.1. The van der Waals surface area contributed by atoms with Crippen molar-refractivity contribution in [1.29, 1.82) is 0 Å². The zero-order valence-corrected chi connectivity index (χ0v) is 12.0. The van der Waals surface area contributed by atoms with Crippen molar-refractivity contribution in [2.45, 2.75) is 51.9 Å². The van der Waals surface area contributed by atoms with Gasteiger partial charge in [0.15, 0.2) is 5.13 Å². The van der Waals surface area contributed by atoms with Crippen molar-refractivity contribution in [1.82, 2.24) is 4.98 Å². The zero-order valence-electron chi connectivity index (χ0n) is 11.1. The minimum Gasteiger partial charge on any atom is -0.481 e. The molecule has 0 spiro atoms. The normalized spacial score (nSPS) is 10.4. The van der Waals surface area contributed by atoms with Crippen LogP contribution in [0.25, 0.3) is 0 Å². The van der Waals surface area contributed by atoms with Gasteiger partial charge in [0, 0.05) is 18.2 Å². The van der Waals surface area contributed by atoms with Crippen LogP contribution in [0.1, 0.15) is 51.1 Å². The molecule has 0 radical (unpaired) electrons. The topological polar surface area (TPSA) is 79.3 Å². The van der Waals surface area contributed by atoms with Gasteiger partial charge in [-0.25, -0.2) is 4.98 Å². The number of thiazole rings is 1. The van der Waals surface area contributed by atoms with Gasteiger partial charge in [0.25, 0.3) is 0 Å². The van der Waals surface area contributed by atoms with E-state index in [9.17, 15) is 9.59 Å². The van der Waals surface area contributed by atoms with Crippen molar-refractivity contribution in [2.24, 2.45) is 0 Å². The molecule has 1 rings (SSSR count). The highest BCUT2D eigenvalue weighted by Crippen LogP contribution is 2.17. The average molecular weight is 284 g/mol. The maximum Gasteiger partial charge on any atom is 0.303 e. The molecule has 1 heterocycles. The molecule has 0 aliphatic heterocycles. The fourth-order valence-corrected chi connectivity index (χ4v) is 2.37. The highest BCUT2D eigenvalue weighted by atomic mass is 32.1. The van der Waals surface area contributed by atoms with E-state index in [4.69, 9.17) is 5.11 Å². The Hall–Kier alpha value is -1.43. The number of nitrogens with zero attached hydrogens (tertiary/aromatic N) is 1. The second-order valence-corrected chi connectivity index (χ2v) is 5.25. The lowest BCUT2D eigenvalue weighted by molar-refractivity contribution is -0.137. The van der Waals surface area contributed by atoms with Crippen LogP contribution in [-0.2, 0) is 16.0 Å². The van der Waals surface area contributed by atoms with Crippen molar-refractivity contribution < 1.29 is 14.7 Å². The molecule has 19 heavy (non-hydrogen) atoms. The van der Waals surface area contributed by atoms with Gasteiger partial charge >= 0.3 is 5.97 Å². The molecule has 0 saturated heterocycles. The van der Waals surface area contributed by atoms with Gasteiger partial charge in [0.1, 0.15) is 0 Å². The summed E-state index contributed by atoms with van der Waals surface area (Å²) in [5.41, 5.74) is 0.716. The van der Waals surface area contributed by atoms with Crippen LogP contribution in [0.5, 0.6) is 0 Å². The van der Waals surface area contributed by atoms with Gasteiger partial charge in [0.2, 0.25) is 5.91 Å². The third kappa shape index (κ3) is 6.91. The van der Waals surface area contributed by atoms with Gasteiger partial charge in [-0.15, -0.1) is 11.3 Å². The average Bonchev–Trinajstić information content (AvgIpc) is 2.80. The first-order chi connectivity index (χ1) is 9.11. The molecule has 1 aromatic heterocycles. The predicted octanol–water partition coefficient (Wildman–Crippen LogP) is 3.07. The first-order valence-corrected chi connectivity index (χ1v) is 7.45. The quantitative estimate of drug-likeness (QED) is 0.683. The van der Waals surface area contributed by atoms with Gasteiger partial charge in [-0.3, -0.25) is 9.59 Å². The molecule has 0 bridgehead atoms. The molecule has 6 heteroatoms. The minimum absolute atomic E-state index is 0.0183. The summed E-state index contributed by atoms with van der Waals surface area (Å²) < 4.78 is 0. The van der Waals surface area contributed by atoms with Crippen LogP contribution in [0.4, 0.5) is 5.13 Å². The smallest absolute Gasteiger partial charge is 0.303 e. The number of amides is 1. The Morgan fingerprint density at radius 1 is 1.32 bits per heavy atom. The van der Waals surface area contributed by atoms with Crippen molar-refractivity contribution in [3.05, 3.63) is 11.1 Å². The van der Waals surface area contributed by atoms with Gasteiger partial charge in [-0.05, 0) is 6.42 Å². The number of carboxylic acid groups (broad SMARTS) is 1. The molecule has 0 atom stereocenters. The molecule has 0 aliphatic rings. The number of hydrogen-bond donors (Lipinski definition) is 2. The van der Waals surface area contributed by atoms with E-state index in [0.717, 1.165) is 25.7 Å². The van der Waals surface area contributed by atoms with Crippen molar-refractivity contribution in [2.75, 3.05) is 5.32 Å². The number of rotatable bonds is 9. The molecule has 2 N–H and O–H groups in total. The van der Waals surface area contributed by atoms with Crippen molar-refractivity contribution in [3.63, 3.8) is 0 Å². The number of aromatic nitrogens is 1. The Kier molecular flexibility index (Phi) is 7.10. The highest BCUT2D eigenvalue weighted by molar-refractivity contribution is 7.13. The molecule has 5 nitrogen and oxygen atoms in total. The number of hydrogen-bond acceptors (Lipinski definition) is 4. The number of aliphatic carboxylic acids is 1. The fraction of sp³-hybridized carbons (Fsp3) is 0.615. The van der Waals surface area contributed by atoms with Gasteiger partial charge in [-0.2, -0.15) is 0 Å². The molecule has 0 saturated carbocycles. The second kappa shape index (κ2) is 8.63. The number of carboxylic acids is 1. The van der Waals surface area contributed by atoms with E-state index in [1.165, 1.54) is 11.3 Å². The van der Waals surface area contributed by atoms with Crippen LogP contribution in [-0.4, -0.2) is 22.0 Å².